The van der Waals surface area contributed by atoms with Crippen molar-refractivity contribution in [3.8, 4) is 0 Å². The molecule has 0 spiro atoms. The molecule has 0 fully saturated rings. The van der Waals surface area contributed by atoms with Crippen LogP contribution in [0.25, 0.3) is 0 Å². The topological polar surface area (TPSA) is 87.5 Å². The first-order chi connectivity index (χ1) is 5.81. The van der Waals surface area contributed by atoms with Gasteiger partial charge in [-0.15, -0.1) is 0 Å². The third-order valence-electron chi connectivity index (χ3n) is 1.48. The zero-order valence-corrected chi connectivity index (χ0v) is 6.65. The van der Waals surface area contributed by atoms with E-state index in [1.54, 1.807) is 0 Å². The fraction of sp³-hybridized carbons (Fsp3) is 0.200. The van der Waals surface area contributed by atoms with Crippen LogP contribution in [0.2, 0.25) is 0 Å². The number of hydrogen-bond acceptors (Lipinski definition) is 6. The number of amidine groups is 3. The molecule has 62 valence electrons. The standard InChI is InChI=1S/C5H5ClN6/c6-5-10-3-2(8-1-9-3)4(11-5)12-7/h1-2H,7H2,(H,8,9,10,11,12). The minimum absolute atomic E-state index is 0.114. The van der Waals surface area contributed by atoms with Crippen LogP contribution in [-0.2, 0) is 0 Å². The minimum atomic E-state index is -0.308. The number of halogens is 1. The van der Waals surface area contributed by atoms with Gasteiger partial charge in [0.15, 0.2) is 17.7 Å². The van der Waals surface area contributed by atoms with Crippen molar-refractivity contribution in [1.82, 2.24) is 5.43 Å². The Hall–Kier alpha value is -1.27. The van der Waals surface area contributed by atoms with Gasteiger partial charge in [0.25, 0.3) is 0 Å². The van der Waals surface area contributed by atoms with E-state index in [2.05, 4.69) is 25.4 Å². The number of aliphatic imine (C=N–C) groups is 4. The number of hydrogen-bond donors (Lipinski definition) is 2. The molecule has 0 aromatic rings. The fourth-order valence-electron chi connectivity index (χ4n) is 0.971. The molecule has 0 aromatic heterocycles. The predicted molar refractivity (Wildman–Crippen MR) is 47.8 cm³/mol. The van der Waals surface area contributed by atoms with Gasteiger partial charge in [-0.2, -0.15) is 4.99 Å². The van der Waals surface area contributed by atoms with Crippen molar-refractivity contribution < 1.29 is 0 Å². The second-order valence-electron chi connectivity index (χ2n) is 2.18. The molecule has 3 N–H and O–H groups in total. The Morgan fingerprint density at radius 1 is 1.50 bits per heavy atom. The molecule has 2 rings (SSSR count). The first-order valence-corrected chi connectivity index (χ1v) is 3.58. The van der Waals surface area contributed by atoms with Crippen LogP contribution in [0.3, 0.4) is 0 Å². The summed E-state index contributed by atoms with van der Waals surface area (Å²) in [5.41, 5.74) is 2.40. The summed E-state index contributed by atoms with van der Waals surface area (Å²) in [5.74, 6) is 6.18. The van der Waals surface area contributed by atoms with Gasteiger partial charge in [-0.05, 0) is 11.6 Å². The van der Waals surface area contributed by atoms with Crippen LogP contribution >= 0.6 is 11.6 Å². The van der Waals surface area contributed by atoms with Crippen molar-refractivity contribution in [2.45, 2.75) is 6.04 Å². The number of nitrogens with one attached hydrogen (secondary N) is 1. The number of fused-ring (bicyclic) bond motifs is 1. The molecule has 0 bridgehead atoms. The van der Waals surface area contributed by atoms with Gasteiger partial charge in [0.1, 0.15) is 6.34 Å². The van der Waals surface area contributed by atoms with Crippen LogP contribution in [0.4, 0.5) is 0 Å². The second kappa shape index (κ2) is 2.65. The van der Waals surface area contributed by atoms with Crippen LogP contribution in [0.1, 0.15) is 0 Å². The normalized spacial score (nSPS) is 25.8. The Kier molecular flexibility index (Phi) is 1.63. The Balaban J connectivity index is 2.40. The smallest absolute Gasteiger partial charge is 0.226 e. The van der Waals surface area contributed by atoms with Crippen molar-refractivity contribution in [3.05, 3.63) is 0 Å². The van der Waals surface area contributed by atoms with Crippen molar-refractivity contribution in [2.24, 2.45) is 25.8 Å². The van der Waals surface area contributed by atoms with Gasteiger partial charge in [0, 0.05) is 0 Å². The summed E-state index contributed by atoms with van der Waals surface area (Å²) in [5, 5.41) is 0.114. The van der Waals surface area contributed by atoms with Gasteiger partial charge < -0.3 is 5.43 Å². The molecular formula is C5H5ClN6. The highest BCUT2D eigenvalue weighted by Crippen LogP contribution is 2.10. The van der Waals surface area contributed by atoms with E-state index in [1.807, 2.05) is 0 Å². The molecular weight excluding hydrogens is 180 g/mol. The predicted octanol–water partition coefficient (Wildman–Crippen LogP) is -0.734. The molecule has 7 heteroatoms. The fourth-order valence-corrected chi connectivity index (χ4v) is 1.15. The lowest BCUT2D eigenvalue weighted by atomic mass is 10.2. The quantitative estimate of drug-likeness (QED) is 0.295. The third kappa shape index (κ3) is 1.01. The SMILES string of the molecule is NNC1=NC(Cl)=NC2=NC=NC21. The number of rotatable bonds is 0. The van der Waals surface area contributed by atoms with Crippen molar-refractivity contribution in [1.29, 1.82) is 0 Å². The van der Waals surface area contributed by atoms with E-state index in [0.717, 1.165) is 0 Å². The molecule has 2 heterocycles. The van der Waals surface area contributed by atoms with Gasteiger partial charge in [-0.25, -0.2) is 15.8 Å². The molecule has 0 aliphatic carbocycles. The van der Waals surface area contributed by atoms with E-state index in [9.17, 15) is 0 Å². The Morgan fingerprint density at radius 2 is 2.33 bits per heavy atom. The zero-order chi connectivity index (χ0) is 8.55. The summed E-state index contributed by atoms with van der Waals surface area (Å²) in [7, 11) is 0. The summed E-state index contributed by atoms with van der Waals surface area (Å²) >= 11 is 5.59. The summed E-state index contributed by atoms with van der Waals surface area (Å²) < 4.78 is 0. The molecule has 0 amide bonds. The molecule has 0 aromatic carbocycles. The molecule has 0 saturated carbocycles. The number of nitrogens with two attached hydrogens (primary N) is 1. The lowest BCUT2D eigenvalue weighted by Gasteiger charge is -2.13. The van der Waals surface area contributed by atoms with E-state index in [1.165, 1.54) is 6.34 Å². The number of nitrogens with zero attached hydrogens (tertiary/aromatic N) is 4. The molecule has 12 heavy (non-hydrogen) atoms. The van der Waals surface area contributed by atoms with E-state index in [4.69, 9.17) is 17.4 Å². The first kappa shape index (κ1) is 7.38. The van der Waals surface area contributed by atoms with Crippen LogP contribution in [-0.4, -0.2) is 29.3 Å². The Morgan fingerprint density at radius 3 is 3.08 bits per heavy atom. The molecule has 1 unspecified atom stereocenters. The first-order valence-electron chi connectivity index (χ1n) is 3.20. The van der Waals surface area contributed by atoms with Crippen LogP contribution in [0.15, 0.2) is 20.0 Å². The van der Waals surface area contributed by atoms with Gasteiger partial charge in [0.05, 0.1) is 0 Å². The Labute approximate surface area is 72.9 Å². The summed E-state index contributed by atoms with van der Waals surface area (Å²) in [6, 6.07) is -0.308. The zero-order valence-electron chi connectivity index (χ0n) is 5.90. The van der Waals surface area contributed by atoms with E-state index < -0.39 is 0 Å². The highest BCUT2D eigenvalue weighted by atomic mass is 35.5. The van der Waals surface area contributed by atoms with E-state index >= 15 is 0 Å². The average Bonchev–Trinajstić information content (AvgIpc) is 2.50. The maximum absolute atomic E-state index is 5.59. The maximum atomic E-state index is 5.59. The van der Waals surface area contributed by atoms with Gasteiger partial charge in [0.2, 0.25) is 5.29 Å². The minimum Gasteiger partial charge on any atom is -0.310 e. The molecule has 0 saturated heterocycles. The molecule has 2 aliphatic heterocycles. The lowest BCUT2D eigenvalue weighted by Crippen LogP contribution is -2.43. The molecule has 1 atom stereocenters. The van der Waals surface area contributed by atoms with Gasteiger partial charge in [-0.3, -0.25) is 4.99 Å². The Bertz CT molecular complexity index is 327. The highest BCUT2D eigenvalue weighted by Gasteiger charge is 2.27. The second-order valence-corrected chi connectivity index (χ2v) is 2.51. The van der Waals surface area contributed by atoms with Crippen molar-refractivity contribution in [3.63, 3.8) is 0 Å². The van der Waals surface area contributed by atoms with Crippen LogP contribution in [0.5, 0.6) is 0 Å². The highest BCUT2D eigenvalue weighted by molar-refractivity contribution is 6.67. The summed E-state index contributed by atoms with van der Waals surface area (Å²) in [6.07, 6.45) is 1.41. The van der Waals surface area contributed by atoms with E-state index in [0.29, 0.717) is 11.7 Å². The van der Waals surface area contributed by atoms with Crippen molar-refractivity contribution >= 4 is 34.9 Å². The van der Waals surface area contributed by atoms with Gasteiger partial charge >= 0.3 is 0 Å². The van der Waals surface area contributed by atoms with Crippen LogP contribution in [0, 0.1) is 0 Å². The largest absolute Gasteiger partial charge is 0.310 e. The van der Waals surface area contributed by atoms with E-state index in [-0.39, 0.29) is 11.3 Å². The summed E-state index contributed by atoms with van der Waals surface area (Å²) in [4.78, 5) is 15.6. The average molecular weight is 185 g/mol. The van der Waals surface area contributed by atoms with Gasteiger partial charge in [-0.1, -0.05) is 0 Å². The number of hydrazine groups is 1. The molecule has 0 radical (unpaired) electrons. The van der Waals surface area contributed by atoms with Crippen molar-refractivity contribution in [2.75, 3.05) is 0 Å². The maximum Gasteiger partial charge on any atom is 0.226 e. The third-order valence-corrected chi connectivity index (χ3v) is 1.65. The lowest BCUT2D eigenvalue weighted by molar-refractivity contribution is 0.953. The molecule has 6 nitrogen and oxygen atoms in total. The monoisotopic (exact) mass is 184 g/mol. The summed E-state index contributed by atoms with van der Waals surface area (Å²) in [6.45, 7) is 0. The molecule has 2 aliphatic rings. The van der Waals surface area contributed by atoms with Crippen LogP contribution < -0.4 is 11.3 Å².